The van der Waals surface area contributed by atoms with E-state index in [-0.39, 0.29) is 12.2 Å². The van der Waals surface area contributed by atoms with Gasteiger partial charge in [0, 0.05) is 5.56 Å². The molecule has 0 aliphatic heterocycles. The van der Waals surface area contributed by atoms with Crippen molar-refractivity contribution in [1.82, 2.24) is 5.32 Å². The van der Waals surface area contributed by atoms with Crippen LogP contribution in [0.1, 0.15) is 10.4 Å². The molecule has 1 aromatic carbocycles. The second-order valence-corrected chi connectivity index (χ2v) is 3.83. The van der Waals surface area contributed by atoms with Gasteiger partial charge < -0.3 is 26.0 Å². The molecule has 20 heavy (non-hydrogen) atoms. The number of benzene rings is 1. The molecule has 5 N–H and O–H groups in total. The molecule has 1 atom stereocenters. The van der Waals surface area contributed by atoms with Crippen LogP contribution in [0.3, 0.4) is 0 Å². The van der Waals surface area contributed by atoms with Gasteiger partial charge in [0.2, 0.25) is 0 Å². The average molecular weight is 282 g/mol. The van der Waals surface area contributed by atoms with Gasteiger partial charge in [-0.2, -0.15) is 0 Å². The molecule has 108 valence electrons. The molecule has 1 aromatic rings. The highest BCUT2D eigenvalue weighted by molar-refractivity contribution is 5.96. The molecule has 0 spiro atoms. The van der Waals surface area contributed by atoms with Crippen molar-refractivity contribution in [3.05, 3.63) is 29.8 Å². The molecule has 0 aliphatic carbocycles. The summed E-state index contributed by atoms with van der Waals surface area (Å²) in [6, 6.07) is 4.29. The summed E-state index contributed by atoms with van der Waals surface area (Å²) < 4.78 is 5.00. The van der Waals surface area contributed by atoms with Gasteiger partial charge in [0.25, 0.3) is 11.8 Å². The van der Waals surface area contributed by atoms with Gasteiger partial charge in [0.05, 0.1) is 6.61 Å². The predicted octanol–water partition coefficient (Wildman–Crippen LogP) is -1.27. The van der Waals surface area contributed by atoms with E-state index < -0.39 is 30.4 Å². The van der Waals surface area contributed by atoms with Crippen LogP contribution in [-0.4, -0.2) is 47.3 Å². The standard InChI is InChI=1S/C12H14N2O6/c13-10(16)6-20-8-3-1-7(2-4-8)11(17)14-9(5-15)12(18)19/h1-4,9,15H,5-6H2,(H2,13,16)(H,14,17)(H,18,19)/t9-/m1/s1. The zero-order chi connectivity index (χ0) is 15.1. The monoisotopic (exact) mass is 282 g/mol. The smallest absolute Gasteiger partial charge is 0.328 e. The van der Waals surface area contributed by atoms with Crippen molar-refractivity contribution in [2.75, 3.05) is 13.2 Å². The van der Waals surface area contributed by atoms with E-state index in [0.717, 1.165) is 0 Å². The SMILES string of the molecule is NC(=O)COc1ccc(C(=O)N[C@H](CO)C(=O)O)cc1. The van der Waals surface area contributed by atoms with E-state index in [1.165, 1.54) is 24.3 Å². The van der Waals surface area contributed by atoms with E-state index in [1.54, 1.807) is 0 Å². The van der Waals surface area contributed by atoms with Crippen molar-refractivity contribution in [2.45, 2.75) is 6.04 Å². The van der Waals surface area contributed by atoms with Crippen LogP contribution < -0.4 is 15.8 Å². The quantitative estimate of drug-likeness (QED) is 0.491. The van der Waals surface area contributed by atoms with Gasteiger partial charge >= 0.3 is 5.97 Å². The number of carbonyl (C=O) groups excluding carboxylic acids is 2. The first-order valence-corrected chi connectivity index (χ1v) is 5.59. The maximum Gasteiger partial charge on any atom is 0.328 e. The molecule has 0 fully saturated rings. The number of primary amides is 1. The summed E-state index contributed by atoms with van der Waals surface area (Å²) in [5.74, 6) is -2.26. The largest absolute Gasteiger partial charge is 0.484 e. The van der Waals surface area contributed by atoms with E-state index in [1.807, 2.05) is 0 Å². The summed E-state index contributed by atoms with van der Waals surface area (Å²) in [6.07, 6.45) is 0. The number of ether oxygens (including phenoxy) is 1. The Balaban J connectivity index is 2.65. The molecular weight excluding hydrogens is 268 g/mol. The topological polar surface area (TPSA) is 139 Å². The molecule has 1 rings (SSSR count). The predicted molar refractivity (Wildman–Crippen MR) is 67.1 cm³/mol. The number of hydrogen-bond donors (Lipinski definition) is 4. The molecule has 0 saturated carbocycles. The van der Waals surface area contributed by atoms with Crippen LogP contribution in [0.5, 0.6) is 5.75 Å². The highest BCUT2D eigenvalue weighted by atomic mass is 16.5. The Bertz CT molecular complexity index is 499. The molecule has 0 radical (unpaired) electrons. The van der Waals surface area contributed by atoms with Crippen LogP contribution in [0.15, 0.2) is 24.3 Å². The second kappa shape index (κ2) is 7.10. The summed E-state index contributed by atoms with van der Waals surface area (Å²) in [4.78, 5) is 32.9. The first-order valence-electron chi connectivity index (χ1n) is 5.59. The highest BCUT2D eigenvalue weighted by Crippen LogP contribution is 2.12. The fraction of sp³-hybridized carbons (Fsp3) is 0.250. The number of aliphatic hydroxyl groups is 1. The summed E-state index contributed by atoms with van der Waals surface area (Å²) in [7, 11) is 0. The highest BCUT2D eigenvalue weighted by Gasteiger charge is 2.19. The lowest BCUT2D eigenvalue weighted by atomic mass is 10.2. The number of hydrogen-bond acceptors (Lipinski definition) is 5. The van der Waals surface area contributed by atoms with Gasteiger partial charge in [-0.25, -0.2) is 4.79 Å². The number of nitrogens with two attached hydrogens (primary N) is 1. The van der Waals surface area contributed by atoms with Gasteiger partial charge in [0.15, 0.2) is 12.6 Å². The lowest BCUT2D eigenvalue weighted by Gasteiger charge is -2.11. The molecule has 8 heteroatoms. The summed E-state index contributed by atoms with van der Waals surface area (Å²) in [6.45, 7) is -0.988. The lowest BCUT2D eigenvalue weighted by Crippen LogP contribution is -2.43. The number of nitrogens with one attached hydrogen (secondary N) is 1. The van der Waals surface area contributed by atoms with E-state index in [9.17, 15) is 14.4 Å². The van der Waals surface area contributed by atoms with Gasteiger partial charge in [-0.1, -0.05) is 0 Å². The van der Waals surface area contributed by atoms with Crippen LogP contribution in [0.25, 0.3) is 0 Å². The van der Waals surface area contributed by atoms with Gasteiger partial charge in [-0.3, -0.25) is 9.59 Å². The minimum Gasteiger partial charge on any atom is -0.484 e. The Labute approximate surface area is 114 Å². The zero-order valence-corrected chi connectivity index (χ0v) is 10.4. The number of aliphatic hydroxyl groups excluding tert-OH is 1. The molecule has 0 aromatic heterocycles. The van der Waals surface area contributed by atoms with E-state index in [0.29, 0.717) is 5.75 Å². The number of carbonyl (C=O) groups is 3. The molecule has 0 unspecified atom stereocenters. The second-order valence-electron chi connectivity index (χ2n) is 3.83. The van der Waals surface area contributed by atoms with Crippen molar-refractivity contribution in [3.8, 4) is 5.75 Å². The van der Waals surface area contributed by atoms with Gasteiger partial charge in [-0.05, 0) is 24.3 Å². The van der Waals surface area contributed by atoms with Crippen LogP contribution >= 0.6 is 0 Å². The molecule has 0 bridgehead atoms. The first-order chi connectivity index (χ1) is 9.43. The number of rotatable bonds is 7. The third-order valence-electron chi connectivity index (χ3n) is 2.28. The Kier molecular flexibility index (Phi) is 5.48. The van der Waals surface area contributed by atoms with E-state index in [4.69, 9.17) is 20.7 Å². The number of carboxylic acids is 1. The molecule has 0 heterocycles. The number of aliphatic carboxylic acids is 1. The van der Waals surface area contributed by atoms with Gasteiger partial charge in [-0.15, -0.1) is 0 Å². The first kappa shape index (κ1) is 15.4. The zero-order valence-electron chi connectivity index (χ0n) is 10.4. The fourth-order valence-corrected chi connectivity index (χ4v) is 1.28. The van der Waals surface area contributed by atoms with Crippen molar-refractivity contribution >= 4 is 17.8 Å². The lowest BCUT2D eigenvalue weighted by molar-refractivity contribution is -0.140. The molecular formula is C12H14N2O6. The average Bonchev–Trinajstić information content (AvgIpc) is 2.42. The maximum absolute atomic E-state index is 11.7. The Morgan fingerprint density at radius 2 is 1.85 bits per heavy atom. The van der Waals surface area contributed by atoms with Crippen LogP contribution in [0.4, 0.5) is 0 Å². The third-order valence-corrected chi connectivity index (χ3v) is 2.28. The van der Waals surface area contributed by atoms with Crippen molar-refractivity contribution in [1.29, 1.82) is 0 Å². The van der Waals surface area contributed by atoms with E-state index in [2.05, 4.69) is 5.32 Å². The van der Waals surface area contributed by atoms with E-state index >= 15 is 0 Å². The molecule has 2 amide bonds. The van der Waals surface area contributed by atoms with Crippen LogP contribution in [0.2, 0.25) is 0 Å². The minimum atomic E-state index is -1.37. The fourth-order valence-electron chi connectivity index (χ4n) is 1.28. The number of carboxylic acid groups (broad SMARTS) is 1. The Morgan fingerprint density at radius 1 is 1.25 bits per heavy atom. The molecule has 0 saturated heterocycles. The number of amides is 2. The van der Waals surface area contributed by atoms with Crippen molar-refractivity contribution < 1.29 is 29.3 Å². The molecule has 8 nitrogen and oxygen atoms in total. The van der Waals surface area contributed by atoms with Gasteiger partial charge in [0.1, 0.15) is 5.75 Å². The third kappa shape index (κ3) is 4.58. The minimum absolute atomic E-state index is 0.191. The van der Waals surface area contributed by atoms with Crippen molar-refractivity contribution in [2.24, 2.45) is 5.73 Å². The summed E-state index contributed by atoms with van der Waals surface area (Å²) in [5, 5.41) is 19.6. The Hall–Kier alpha value is -2.61. The summed E-state index contributed by atoms with van der Waals surface area (Å²) >= 11 is 0. The van der Waals surface area contributed by atoms with Crippen molar-refractivity contribution in [3.63, 3.8) is 0 Å². The Morgan fingerprint density at radius 3 is 2.30 bits per heavy atom. The molecule has 0 aliphatic rings. The normalized spacial score (nSPS) is 11.4. The van der Waals surface area contributed by atoms with Crippen LogP contribution in [0, 0.1) is 0 Å². The maximum atomic E-state index is 11.7. The summed E-state index contributed by atoms with van der Waals surface area (Å²) in [5.41, 5.74) is 5.10. The van der Waals surface area contributed by atoms with Crippen LogP contribution in [-0.2, 0) is 9.59 Å².